The fraction of sp³-hybridized carbons (Fsp3) is 0.0476. The van der Waals surface area contributed by atoms with Crippen LogP contribution in [0.5, 0.6) is 5.75 Å². The number of hydrogen-bond acceptors (Lipinski definition) is 5. The second-order valence-corrected chi connectivity index (χ2v) is 8.22. The van der Waals surface area contributed by atoms with E-state index < -0.39 is 0 Å². The van der Waals surface area contributed by atoms with Crippen molar-refractivity contribution < 1.29 is 9.53 Å². The summed E-state index contributed by atoms with van der Waals surface area (Å²) in [5.74, 6) is 0.565. The van der Waals surface area contributed by atoms with E-state index in [1.54, 1.807) is 7.11 Å². The number of nitrogens with one attached hydrogen (secondary N) is 1. The number of nitrogens with zero attached hydrogens (tertiary/aromatic N) is 1. The Labute approximate surface area is 179 Å². The van der Waals surface area contributed by atoms with Gasteiger partial charge in [-0.2, -0.15) is 0 Å². The Balaban J connectivity index is 1.68. The zero-order valence-corrected chi connectivity index (χ0v) is 17.9. The molecule has 0 atom stereocenters. The van der Waals surface area contributed by atoms with Crippen molar-refractivity contribution >= 4 is 61.4 Å². The molecule has 0 aliphatic carbocycles. The Morgan fingerprint density at radius 2 is 1.86 bits per heavy atom. The summed E-state index contributed by atoms with van der Waals surface area (Å²) in [5, 5.41) is 3.72. The molecule has 3 N–H and O–H groups in total. The highest BCUT2D eigenvalue weighted by Gasteiger charge is 2.18. The van der Waals surface area contributed by atoms with E-state index in [1.165, 1.54) is 11.3 Å². The molecule has 0 fully saturated rings. The minimum atomic E-state index is -0.226. The van der Waals surface area contributed by atoms with Gasteiger partial charge in [-0.1, -0.05) is 12.1 Å². The average molecular weight is 501 g/mol. The van der Waals surface area contributed by atoms with E-state index in [4.69, 9.17) is 15.5 Å². The number of para-hydroxylation sites is 1. The molecule has 0 unspecified atom stereocenters. The van der Waals surface area contributed by atoms with Crippen LogP contribution in [0.1, 0.15) is 9.67 Å². The monoisotopic (exact) mass is 501 g/mol. The third-order valence-corrected chi connectivity index (χ3v) is 6.36. The number of ether oxygens (including phenoxy) is 1. The fourth-order valence-corrected chi connectivity index (χ4v) is 4.34. The van der Waals surface area contributed by atoms with Crippen molar-refractivity contribution in [2.45, 2.75) is 0 Å². The molecule has 4 aromatic rings. The lowest BCUT2D eigenvalue weighted by Gasteiger charge is -2.06. The van der Waals surface area contributed by atoms with Crippen molar-refractivity contribution in [3.63, 3.8) is 0 Å². The Kier molecular flexibility index (Phi) is 5.19. The molecule has 5 nitrogen and oxygen atoms in total. The van der Waals surface area contributed by atoms with Crippen LogP contribution in [0.15, 0.2) is 60.7 Å². The number of carbonyl (C=O) groups excluding carboxylic acids is 1. The van der Waals surface area contributed by atoms with Gasteiger partial charge >= 0.3 is 0 Å². The second-order valence-electron chi connectivity index (χ2n) is 6.06. The van der Waals surface area contributed by atoms with Crippen molar-refractivity contribution in [3.05, 3.63) is 69.1 Å². The molecule has 2 heterocycles. The minimum absolute atomic E-state index is 0.226. The molecule has 4 rings (SSSR count). The number of pyridine rings is 1. The summed E-state index contributed by atoms with van der Waals surface area (Å²) in [4.78, 5) is 18.7. The van der Waals surface area contributed by atoms with Gasteiger partial charge in [-0.15, -0.1) is 11.3 Å². The number of thiophene rings is 1. The average Bonchev–Trinajstić information content (AvgIpc) is 3.06. The maximum atomic E-state index is 12.8. The van der Waals surface area contributed by atoms with Crippen LogP contribution < -0.4 is 15.8 Å². The summed E-state index contributed by atoms with van der Waals surface area (Å²) < 4.78 is 6.16. The Bertz CT molecular complexity index is 1170. The number of aromatic nitrogens is 1. The van der Waals surface area contributed by atoms with E-state index >= 15 is 0 Å². The van der Waals surface area contributed by atoms with Crippen LogP contribution in [0.25, 0.3) is 21.5 Å². The van der Waals surface area contributed by atoms with Gasteiger partial charge in [0.15, 0.2) is 0 Å². The van der Waals surface area contributed by atoms with Crippen molar-refractivity contribution in [2.24, 2.45) is 0 Å². The van der Waals surface area contributed by atoms with Gasteiger partial charge in [0.1, 0.15) is 15.5 Å². The van der Waals surface area contributed by atoms with Crippen molar-refractivity contribution in [2.75, 3.05) is 18.2 Å². The highest BCUT2D eigenvalue weighted by molar-refractivity contribution is 14.1. The lowest BCUT2D eigenvalue weighted by Crippen LogP contribution is -2.12. The maximum Gasteiger partial charge on any atom is 0.267 e. The molecule has 0 saturated heterocycles. The first-order valence-electron chi connectivity index (χ1n) is 8.46. The van der Waals surface area contributed by atoms with Gasteiger partial charge in [0.25, 0.3) is 5.91 Å². The summed E-state index contributed by atoms with van der Waals surface area (Å²) >= 11 is 3.49. The molecule has 0 bridgehead atoms. The topological polar surface area (TPSA) is 77.2 Å². The molecule has 1 amide bonds. The summed E-state index contributed by atoms with van der Waals surface area (Å²) in [6, 6.07) is 19.1. The first-order chi connectivity index (χ1) is 13.6. The van der Waals surface area contributed by atoms with Crippen molar-refractivity contribution in [1.82, 2.24) is 4.98 Å². The van der Waals surface area contributed by atoms with Crippen LogP contribution in [0.3, 0.4) is 0 Å². The van der Waals surface area contributed by atoms with Gasteiger partial charge < -0.3 is 15.8 Å². The standard InChI is InChI=1S/C21H16IN3O2S/c1-27-13-8-6-12(7-9-13)16-11-10-14-18(23)19(28-21(14)25-16)20(26)24-17-5-3-2-4-15(17)22/h2-11H,23H2,1H3,(H,24,26). The van der Waals surface area contributed by atoms with Gasteiger partial charge in [0.05, 0.1) is 24.2 Å². The minimum Gasteiger partial charge on any atom is -0.497 e. The Morgan fingerprint density at radius 3 is 2.57 bits per heavy atom. The number of carbonyl (C=O) groups is 1. The third kappa shape index (κ3) is 3.55. The molecule has 0 radical (unpaired) electrons. The lowest BCUT2D eigenvalue weighted by molar-refractivity contribution is 0.103. The van der Waals surface area contributed by atoms with E-state index in [0.29, 0.717) is 10.6 Å². The number of hydrogen-bond donors (Lipinski definition) is 2. The normalized spacial score (nSPS) is 10.8. The number of halogens is 1. The fourth-order valence-electron chi connectivity index (χ4n) is 2.83. The largest absolute Gasteiger partial charge is 0.497 e. The van der Waals surface area contributed by atoms with Crippen molar-refractivity contribution in [1.29, 1.82) is 0 Å². The van der Waals surface area contributed by atoms with E-state index in [2.05, 4.69) is 27.9 Å². The van der Waals surface area contributed by atoms with Crippen LogP contribution in [0.2, 0.25) is 0 Å². The zero-order valence-electron chi connectivity index (χ0n) is 14.9. The number of nitrogens with two attached hydrogens (primary N) is 1. The van der Waals surface area contributed by atoms with Crippen LogP contribution >= 0.6 is 33.9 Å². The zero-order chi connectivity index (χ0) is 19.7. The lowest BCUT2D eigenvalue weighted by atomic mass is 10.1. The van der Waals surface area contributed by atoms with Crippen LogP contribution in [-0.4, -0.2) is 18.0 Å². The SMILES string of the molecule is COc1ccc(-c2ccc3c(N)c(C(=O)Nc4ccccc4I)sc3n2)cc1. The van der Waals surface area contributed by atoms with Gasteiger partial charge in [0.2, 0.25) is 0 Å². The predicted octanol–water partition coefficient (Wildman–Crippen LogP) is 5.41. The van der Waals surface area contributed by atoms with Gasteiger partial charge in [-0.05, 0) is 71.1 Å². The smallest absolute Gasteiger partial charge is 0.267 e. The number of anilines is 2. The Hall–Kier alpha value is -2.65. The van der Waals surface area contributed by atoms with E-state index in [-0.39, 0.29) is 5.91 Å². The number of amides is 1. The molecule has 0 aliphatic heterocycles. The molecule has 0 saturated carbocycles. The first kappa shape index (κ1) is 18.7. The molecule has 140 valence electrons. The first-order valence-corrected chi connectivity index (χ1v) is 10.4. The van der Waals surface area contributed by atoms with Gasteiger partial charge in [-0.25, -0.2) is 4.98 Å². The van der Waals surface area contributed by atoms with Crippen LogP contribution in [0.4, 0.5) is 11.4 Å². The van der Waals surface area contributed by atoms with E-state index in [0.717, 1.165) is 36.5 Å². The summed E-state index contributed by atoms with van der Waals surface area (Å²) in [5.41, 5.74) is 9.26. The van der Waals surface area contributed by atoms with Gasteiger partial charge in [-0.3, -0.25) is 4.79 Å². The molecule has 0 aliphatic rings. The van der Waals surface area contributed by atoms with Gasteiger partial charge in [0, 0.05) is 14.5 Å². The number of benzene rings is 2. The number of methoxy groups -OCH3 is 1. The molecule has 2 aromatic heterocycles. The summed E-state index contributed by atoms with van der Waals surface area (Å²) in [7, 11) is 1.64. The summed E-state index contributed by atoms with van der Waals surface area (Å²) in [6.45, 7) is 0. The van der Waals surface area contributed by atoms with E-state index in [1.807, 2.05) is 60.7 Å². The number of fused-ring (bicyclic) bond motifs is 1. The quantitative estimate of drug-likeness (QED) is 0.367. The summed E-state index contributed by atoms with van der Waals surface area (Å²) in [6.07, 6.45) is 0. The molecule has 28 heavy (non-hydrogen) atoms. The predicted molar refractivity (Wildman–Crippen MR) is 123 cm³/mol. The maximum absolute atomic E-state index is 12.8. The second kappa shape index (κ2) is 7.76. The molecule has 2 aromatic carbocycles. The molecule has 0 spiro atoms. The number of nitrogen functional groups attached to an aromatic ring is 1. The molecular formula is C21H16IN3O2S. The van der Waals surface area contributed by atoms with Crippen LogP contribution in [-0.2, 0) is 0 Å². The molecule has 7 heteroatoms. The Morgan fingerprint density at radius 1 is 1.11 bits per heavy atom. The van der Waals surface area contributed by atoms with Crippen LogP contribution in [0, 0.1) is 3.57 Å². The highest BCUT2D eigenvalue weighted by atomic mass is 127. The highest BCUT2D eigenvalue weighted by Crippen LogP contribution is 2.35. The number of rotatable bonds is 4. The molecular weight excluding hydrogens is 485 g/mol. The third-order valence-electron chi connectivity index (χ3n) is 4.31. The van der Waals surface area contributed by atoms with Crippen molar-refractivity contribution in [3.8, 4) is 17.0 Å². The van der Waals surface area contributed by atoms with E-state index in [9.17, 15) is 4.79 Å².